The van der Waals surface area contributed by atoms with Gasteiger partial charge in [-0.1, -0.05) is 42.5 Å². The zero-order valence-corrected chi connectivity index (χ0v) is 27.4. The molecule has 238 valence electrons. The minimum Gasteiger partial charge on any atom is -0.497 e. The van der Waals surface area contributed by atoms with E-state index in [0.717, 1.165) is 17.4 Å². The Morgan fingerprint density at radius 2 is 1.57 bits per heavy atom. The Labute approximate surface area is 262 Å². The molecule has 3 aromatic carbocycles. The van der Waals surface area contributed by atoms with Gasteiger partial charge in [0.05, 0.1) is 25.7 Å². The molecule has 0 heterocycles. The summed E-state index contributed by atoms with van der Waals surface area (Å²) < 4.78 is 37.6. The first-order valence-corrected chi connectivity index (χ1v) is 16.6. The van der Waals surface area contributed by atoms with Crippen LogP contribution in [0.2, 0.25) is 0 Å². The summed E-state index contributed by atoms with van der Waals surface area (Å²) in [6, 6.07) is 23.0. The highest BCUT2D eigenvalue weighted by atomic mass is 32.2. The van der Waals surface area contributed by atoms with E-state index in [0.29, 0.717) is 30.2 Å². The van der Waals surface area contributed by atoms with Crippen LogP contribution in [-0.4, -0.2) is 63.2 Å². The molecule has 0 aliphatic rings. The van der Waals surface area contributed by atoms with Crippen molar-refractivity contribution in [3.63, 3.8) is 0 Å². The van der Waals surface area contributed by atoms with Gasteiger partial charge in [-0.2, -0.15) is 0 Å². The second kappa shape index (κ2) is 15.6. The van der Waals surface area contributed by atoms with Crippen LogP contribution in [0.4, 0.5) is 5.69 Å². The summed E-state index contributed by atoms with van der Waals surface area (Å²) >= 11 is 0. The van der Waals surface area contributed by atoms with Crippen molar-refractivity contribution in [2.45, 2.75) is 65.1 Å². The molecular formula is C34H45N3O6S. The number of hydrogen-bond donors (Lipinski definition) is 1. The van der Waals surface area contributed by atoms with Gasteiger partial charge in [0.1, 0.15) is 17.5 Å². The largest absolute Gasteiger partial charge is 0.497 e. The topological polar surface area (TPSA) is 105 Å². The van der Waals surface area contributed by atoms with E-state index in [2.05, 4.69) is 5.32 Å². The molecule has 0 unspecified atom stereocenters. The molecule has 0 aliphatic carbocycles. The van der Waals surface area contributed by atoms with E-state index in [4.69, 9.17) is 9.47 Å². The monoisotopic (exact) mass is 623 g/mol. The zero-order valence-electron chi connectivity index (χ0n) is 26.6. The number of carbonyl (C=O) groups is 2. The molecule has 0 saturated carbocycles. The average molecular weight is 624 g/mol. The Kier molecular flexibility index (Phi) is 12.2. The fourth-order valence-electron chi connectivity index (χ4n) is 4.85. The van der Waals surface area contributed by atoms with E-state index in [1.54, 1.807) is 36.3 Å². The number of hydrogen-bond acceptors (Lipinski definition) is 6. The number of benzene rings is 3. The predicted molar refractivity (Wildman–Crippen MR) is 174 cm³/mol. The molecule has 0 aliphatic heterocycles. The lowest BCUT2D eigenvalue weighted by Crippen LogP contribution is -2.54. The SMILES string of the molecule is CCOc1ccc(N(CCCC(=O)N(Cc2cccc(OC)c2)[C@H](Cc2ccccc2)C(=O)NC(C)(C)C)S(C)(=O)=O)cc1. The lowest BCUT2D eigenvalue weighted by molar-refractivity contribution is -0.142. The summed E-state index contributed by atoms with van der Waals surface area (Å²) in [5, 5.41) is 3.06. The number of nitrogens with zero attached hydrogens (tertiary/aromatic N) is 2. The minimum absolute atomic E-state index is 0.0428. The van der Waals surface area contributed by atoms with E-state index in [-0.39, 0.29) is 37.7 Å². The first-order chi connectivity index (χ1) is 20.8. The second-order valence-corrected chi connectivity index (χ2v) is 13.6. The lowest BCUT2D eigenvalue weighted by Gasteiger charge is -2.34. The molecular weight excluding hydrogens is 578 g/mol. The van der Waals surface area contributed by atoms with Gasteiger partial charge in [-0.05, 0) is 81.6 Å². The molecule has 9 nitrogen and oxygen atoms in total. The van der Waals surface area contributed by atoms with Crippen molar-refractivity contribution in [3.8, 4) is 11.5 Å². The minimum atomic E-state index is -3.62. The highest BCUT2D eigenvalue weighted by molar-refractivity contribution is 7.92. The Morgan fingerprint density at radius 1 is 0.909 bits per heavy atom. The smallest absolute Gasteiger partial charge is 0.243 e. The molecule has 3 aromatic rings. The quantitative estimate of drug-likeness (QED) is 0.250. The molecule has 0 radical (unpaired) electrons. The molecule has 0 bridgehead atoms. The van der Waals surface area contributed by atoms with E-state index in [9.17, 15) is 18.0 Å². The van der Waals surface area contributed by atoms with Gasteiger partial charge in [0.15, 0.2) is 0 Å². The van der Waals surface area contributed by atoms with E-state index >= 15 is 0 Å². The van der Waals surface area contributed by atoms with Gasteiger partial charge < -0.3 is 19.7 Å². The first-order valence-electron chi connectivity index (χ1n) is 14.8. The number of carbonyl (C=O) groups excluding carboxylic acids is 2. The number of rotatable bonds is 15. The molecule has 2 amide bonds. The van der Waals surface area contributed by atoms with Crippen LogP contribution in [0.3, 0.4) is 0 Å². The van der Waals surface area contributed by atoms with Crippen molar-refractivity contribution in [1.82, 2.24) is 10.2 Å². The third-order valence-corrected chi connectivity index (χ3v) is 8.04. The van der Waals surface area contributed by atoms with Gasteiger partial charge in [-0.15, -0.1) is 0 Å². The van der Waals surface area contributed by atoms with Crippen LogP contribution < -0.4 is 19.1 Å². The van der Waals surface area contributed by atoms with Crippen LogP contribution in [0.15, 0.2) is 78.9 Å². The number of nitrogens with one attached hydrogen (secondary N) is 1. The van der Waals surface area contributed by atoms with Crippen molar-refractivity contribution < 1.29 is 27.5 Å². The van der Waals surface area contributed by atoms with Crippen molar-refractivity contribution in [2.24, 2.45) is 0 Å². The third kappa shape index (κ3) is 10.6. The molecule has 0 spiro atoms. The summed E-state index contributed by atoms with van der Waals surface area (Å²) in [4.78, 5) is 29.4. The van der Waals surface area contributed by atoms with Crippen LogP contribution >= 0.6 is 0 Å². The summed E-state index contributed by atoms with van der Waals surface area (Å²) in [5.41, 5.74) is 1.71. The average Bonchev–Trinajstić information content (AvgIpc) is 2.97. The number of methoxy groups -OCH3 is 1. The van der Waals surface area contributed by atoms with Gasteiger partial charge in [-0.3, -0.25) is 13.9 Å². The van der Waals surface area contributed by atoms with Gasteiger partial charge in [-0.25, -0.2) is 8.42 Å². The third-order valence-electron chi connectivity index (χ3n) is 6.84. The number of ether oxygens (including phenoxy) is 2. The maximum atomic E-state index is 14.0. The van der Waals surface area contributed by atoms with Crippen molar-refractivity contribution in [2.75, 3.05) is 30.8 Å². The molecule has 1 atom stereocenters. The van der Waals surface area contributed by atoms with E-state index in [1.165, 1.54) is 4.31 Å². The normalized spacial score (nSPS) is 12.2. The van der Waals surface area contributed by atoms with Gasteiger partial charge >= 0.3 is 0 Å². The highest BCUT2D eigenvalue weighted by Crippen LogP contribution is 2.24. The Hall–Kier alpha value is -4.05. The van der Waals surface area contributed by atoms with Crippen molar-refractivity contribution in [3.05, 3.63) is 90.0 Å². The van der Waals surface area contributed by atoms with Gasteiger partial charge in [0.2, 0.25) is 21.8 Å². The number of amides is 2. The van der Waals surface area contributed by atoms with Crippen LogP contribution in [0.1, 0.15) is 51.7 Å². The maximum absolute atomic E-state index is 14.0. The van der Waals surface area contributed by atoms with E-state index in [1.807, 2.05) is 82.3 Å². The molecule has 44 heavy (non-hydrogen) atoms. The standard InChI is InChI=1S/C34H45N3O6S/c1-7-43-29-20-18-28(19-21-29)37(44(6,40)41)22-12-17-32(38)36(25-27-15-11-16-30(23-27)42-5)31(33(39)35-34(2,3)4)24-26-13-9-8-10-14-26/h8-11,13-16,18-21,23,31H,7,12,17,22,24-25H2,1-6H3,(H,35,39)/t31-/m1/s1. The van der Waals surface area contributed by atoms with Crippen LogP contribution in [0, 0.1) is 0 Å². The number of anilines is 1. The highest BCUT2D eigenvalue weighted by Gasteiger charge is 2.32. The Morgan fingerprint density at radius 3 is 2.16 bits per heavy atom. The van der Waals surface area contributed by atoms with Gasteiger partial charge in [0.25, 0.3) is 0 Å². The Balaban J connectivity index is 1.90. The van der Waals surface area contributed by atoms with Crippen molar-refractivity contribution >= 4 is 27.5 Å². The second-order valence-electron chi connectivity index (χ2n) is 11.7. The van der Waals surface area contributed by atoms with E-state index < -0.39 is 21.6 Å². The molecule has 10 heteroatoms. The van der Waals surface area contributed by atoms with Gasteiger partial charge in [0, 0.05) is 31.5 Å². The maximum Gasteiger partial charge on any atom is 0.243 e. The molecule has 0 fully saturated rings. The molecule has 0 aromatic heterocycles. The summed E-state index contributed by atoms with van der Waals surface area (Å²) in [7, 11) is -2.04. The van der Waals surface area contributed by atoms with Crippen molar-refractivity contribution in [1.29, 1.82) is 0 Å². The Bertz CT molecular complexity index is 1470. The summed E-state index contributed by atoms with van der Waals surface area (Å²) in [6.07, 6.45) is 1.76. The predicted octanol–water partition coefficient (Wildman–Crippen LogP) is 5.19. The fraction of sp³-hybridized carbons (Fsp3) is 0.412. The summed E-state index contributed by atoms with van der Waals surface area (Å²) in [5.74, 6) is 0.779. The molecule has 1 N–H and O–H groups in total. The van der Waals surface area contributed by atoms with Crippen LogP contribution in [0.5, 0.6) is 11.5 Å². The number of sulfonamides is 1. The zero-order chi connectivity index (χ0) is 32.3. The lowest BCUT2D eigenvalue weighted by atomic mass is 10.00. The molecule has 3 rings (SSSR count). The first kappa shape index (κ1) is 34.4. The summed E-state index contributed by atoms with van der Waals surface area (Å²) in [6.45, 7) is 8.37. The van der Waals surface area contributed by atoms with Crippen LogP contribution in [-0.2, 0) is 32.6 Å². The molecule has 0 saturated heterocycles. The fourth-order valence-corrected chi connectivity index (χ4v) is 5.82. The van der Waals surface area contributed by atoms with Crippen LogP contribution in [0.25, 0.3) is 0 Å².